The van der Waals surface area contributed by atoms with Gasteiger partial charge < -0.3 is 24.2 Å². The van der Waals surface area contributed by atoms with Crippen LogP contribution in [0.2, 0.25) is 5.02 Å². The molecule has 0 unspecified atom stereocenters. The van der Waals surface area contributed by atoms with Gasteiger partial charge in [-0.1, -0.05) is 45.7 Å². The lowest BCUT2D eigenvalue weighted by molar-refractivity contribution is -0.142. The van der Waals surface area contributed by atoms with E-state index >= 15 is 0 Å². The summed E-state index contributed by atoms with van der Waals surface area (Å²) in [4.78, 5) is 42.6. The Bertz CT molecular complexity index is 1830. The first kappa shape index (κ1) is 32.6. The van der Waals surface area contributed by atoms with Gasteiger partial charge in [-0.15, -0.1) is 0 Å². The molecule has 252 valence electrons. The molecule has 48 heavy (non-hydrogen) atoms. The maximum absolute atomic E-state index is 13.9. The Morgan fingerprint density at radius 1 is 1.00 bits per heavy atom. The van der Waals surface area contributed by atoms with Crippen molar-refractivity contribution in [3.63, 3.8) is 0 Å². The van der Waals surface area contributed by atoms with Crippen LogP contribution >= 0.6 is 27.5 Å². The summed E-state index contributed by atoms with van der Waals surface area (Å²) < 4.78 is 13.1. The molecule has 0 bridgehead atoms. The van der Waals surface area contributed by atoms with Gasteiger partial charge in [-0.25, -0.2) is 14.6 Å². The minimum Gasteiger partial charge on any atom is -0.493 e. The number of hydrogen-bond donors (Lipinski definition) is 0. The van der Waals surface area contributed by atoms with Crippen molar-refractivity contribution in [1.82, 2.24) is 29.5 Å². The summed E-state index contributed by atoms with van der Waals surface area (Å²) in [5.74, 6) is 2.38. The van der Waals surface area contributed by atoms with E-state index in [1.54, 1.807) is 20.5 Å². The maximum atomic E-state index is 13.9. The van der Waals surface area contributed by atoms with Crippen LogP contribution < -0.4 is 14.4 Å². The zero-order valence-electron chi connectivity index (χ0n) is 27.2. The highest BCUT2D eigenvalue weighted by molar-refractivity contribution is 9.09. The van der Waals surface area contributed by atoms with Crippen LogP contribution in [0.3, 0.4) is 0 Å². The Morgan fingerprint density at radius 3 is 2.44 bits per heavy atom. The lowest BCUT2D eigenvalue weighted by atomic mass is 9.68. The first-order chi connectivity index (χ1) is 23.4. The average Bonchev–Trinajstić information content (AvgIpc) is 3.54. The fourth-order valence-corrected chi connectivity index (χ4v) is 8.40. The summed E-state index contributed by atoms with van der Waals surface area (Å²) in [7, 11) is 3.28. The molecule has 1 saturated carbocycles. The second-order valence-corrected chi connectivity index (χ2v) is 13.7. The van der Waals surface area contributed by atoms with Gasteiger partial charge in [-0.05, 0) is 67.0 Å². The molecule has 4 aromatic rings. The van der Waals surface area contributed by atoms with Gasteiger partial charge in [0.15, 0.2) is 17.1 Å². The summed E-state index contributed by atoms with van der Waals surface area (Å²) >= 11 is 9.82. The number of alkyl halides is 1. The Labute approximate surface area is 293 Å². The normalized spacial score (nSPS) is 21.0. The van der Waals surface area contributed by atoms with Crippen molar-refractivity contribution in [1.29, 1.82) is 0 Å². The van der Waals surface area contributed by atoms with Crippen molar-refractivity contribution < 1.29 is 19.1 Å². The minimum absolute atomic E-state index is 0.0737. The van der Waals surface area contributed by atoms with Gasteiger partial charge in [0, 0.05) is 43.7 Å². The average molecular weight is 737 g/mol. The number of benzene rings is 2. The number of amides is 2. The van der Waals surface area contributed by atoms with Gasteiger partial charge in [0.25, 0.3) is 0 Å². The van der Waals surface area contributed by atoms with Crippen LogP contribution in [0.5, 0.6) is 11.5 Å². The van der Waals surface area contributed by atoms with Crippen LogP contribution in [0.1, 0.15) is 42.4 Å². The molecule has 2 aromatic carbocycles. The van der Waals surface area contributed by atoms with Crippen molar-refractivity contribution >= 4 is 56.2 Å². The molecular weight excluding hydrogens is 698 g/mol. The van der Waals surface area contributed by atoms with Crippen molar-refractivity contribution in [3.8, 4) is 11.5 Å². The van der Waals surface area contributed by atoms with Gasteiger partial charge in [-0.2, -0.15) is 5.10 Å². The standard InChI is InChI=1S/C35H39BrClN7O4/c1-47-29-17-24-9-12-43(31(45)19-36)35(27(24)18-30(29)48-2)10-7-23(8-11-35)34(46)42-15-13-41(14-16-42)32-26-20-40-44(33(26)39-22-38-32)21-25-5-3-4-6-28(25)37/h3-6,17-18,20,22-23H,7-16,19,21H2,1-2H3/t23-,35-. The molecule has 11 nitrogen and oxygen atoms in total. The molecule has 7 rings (SSSR count). The molecule has 2 fully saturated rings. The van der Waals surface area contributed by atoms with Gasteiger partial charge >= 0.3 is 0 Å². The van der Waals surface area contributed by atoms with E-state index in [0.29, 0.717) is 55.8 Å². The number of fused-ring (bicyclic) bond motifs is 3. The van der Waals surface area contributed by atoms with E-state index in [9.17, 15) is 9.59 Å². The summed E-state index contributed by atoms with van der Waals surface area (Å²) in [6.07, 6.45) is 7.03. The van der Waals surface area contributed by atoms with Crippen molar-refractivity contribution in [2.75, 3.05) is 57.2 Å². The van der Waals surface area contributed by atoms with E-state index < -0.39 is 5.54 Å². The van der Waals surface area contributed by atoms with Crippen LogP contribution in [0.4, 0.5) is 5.82 Å². The van der Waals surface area contributed by atoms with E-state index in [1.165, 1.54) is 5.56 Å². The van der Waals surface area contributed by atoms with Gasteiger partial charge in [0.1, 0.15) is 12.1 Å². The second kappa shape index (κ2) is 13.5. The van der Waals surface area contributed by atoms with Crippen LogP contribution in [0.15, 0.2) is 48.9 Å². The lowest BCUT2D eigenvalue weighted by Gasteiger charge is -2.52. The number of methoxy groups -OCH3 is 2. The fraction of sp³-hybridized carbons (Fsp3) is 0.457. The Kier molecular flexibility index (Phi) is 9.21. The van der Waals surface area contributed by atoms with Crippen molar-refractivity contribution in [3.05, 3.63) is 70.6 Å². The van der Waals surface area contributed by atoms with Crippen LogP contribution in [-0.2, 0) is 28.1 Å². The predicted molar refractivity (Wildman–Crippen MR) is 187 cm³/mol. The van der Waals surface area contributed by atoms with Crippen molar-refractivity contribution in [2.45, 2.75) is 44.2 Å². The molecule has 0 radical (unpaired) electrons. The zero-order valence-corrected chi connectivity index (χ0v) is 29.5. The zero-order chi connectivity index (χ0) is 33.4. The van der Waals surface area contributed by atoms with Crippen LogP contribution in [0.25, 0.3) is 11.0 Å². The number of aromatic nitrogens is 4. The van der Waals surface area contributed by atoms with Crippen LogP contribution in [-0.4, -0.2) is 93.6 Å². The number of halogens is 2. The van der Waals surface area contributed by atoms with E-state index in [1.807, 2.05) is 51.0 Å². The van der Waals surface area contributed by atoms with Gasteiger partial charge in [0.2, 0.25) is 11.8 Å². The third kappa shape index (κ3) is 5.76. The van der Waals surface area contributed by atoms with Gasteiger partial charge in [-0.3, -0.25) is 9.59 Å². The number of anilines is 1. The topological polar surface area (TPSA) is 106 Å². The van der Waals surface area contributed by atoms with Crippen molar-refractivity contribution in [2.24, 2.45) is 5.92 Å². The third-order valence-corrected chi connectivity index (χ3v) is 11.2. The van der Waals surface area contributed by atoms with E-state index in [0.717, 1.165) is 60.1 Å². The molecule has 2 aliphatic heterocycles. The molecule has 3 aliphatic rings. The second-order valence-electron chi connectivity index (χ2n) is 12.7. The first-order valence-electron chi connectivity index (χ1n) is 16.4. The highest BCUT2D eigenvalue weighted by Gasteiger charge is 2.48. The quantitative estimate of drug-likeness (QED) is 0.243. The predicted octanol–water partition coefficient (Wildman–Crippen LogP) is 5.06. The number of piperazine rings is 1. The van der Waals surface area contributed by atoms with Crippen LogP contribution in [0, 0.1) is 5.92 Å². The molecule has 2 aromatic heterocycles. The highest BCUT2D eigenvalue weighted by Crippen LogP contribution is 2.50. The molecule has 0 N–H and O–H groups in total. The Hall–Kier alpha value is -3.90. The maximum Gasteiger partial charge on any atom is 0.233 e. The number of rotatable bonds is 7. The number of carbonyl (C=O) groups is 2. The smallest absolute Gasteiger partial charge is 0.233 e. The van der Waals surface area contributed by atoms with Gasteiger partial charge in [0.05, 0.1) is 43.2 Å². The number of ether oxygens (including phenoxy) is 2. The SMILES string of the molecule is COc1cc2c(cc1OC)[C@]1(CC[C@@H](C(=O)N3CCN(c4ncnc5c4cnn5Cc4ccccc4Cl)CC3)CC1)N(C(=O)CBr)CC2. The lowest BCUT2D eigenvalue weighted by Crippen LogP contribution is -2.56. The summed E-state index contributed by atoms with van der Waals surface area (Å²) in [5, 5.41) is 6.45. The Balaban J connectivity index is 1.03. The number of carbonyl (C=O) groups excluding carboxylic acids is 2. The largest absolute Gasteiger partial charge is 0.493 e. The first-order valence-corrected chi connectivity index (χ1v) is 17.9. The molecule has 13 heteroatoms. The van der Waals surface area contributed by atoms with E-state index in [-0.39, 0.29) is 23.1 Å². The molecular formula is C35H39BrClN7O4. The Morgan fingerprint density at radius 2 is 1.73 bits per heavy atom. The number of hydrogen-bond acceptors (Lipinski definition) is 8. The van der Waals surface area contributed by atoms with E-state index in [4.69, 9.17) is 21.1 Å². The molecule has 0 atom stereocenters. The fourth-order valence-electron chi connectivity index (χ4n) is 7.90. The summed E-state index contributed by atoms with van der Waals surface area (Å²) in [6, 6.07) is 11.8. The highest BCUT2D eigenvalue weighted by atomic mass is 79.9. The van der Waals surface area contributed by atoms with E-state index in [2.05, 4.69) is 42.0 Å². The molecule has 1 saturated heterocycles. The third-order valence-electron chi connectivity index (χ3n) is 10.4. The summed E-state index contributed by atoms with van der Waals surface area (Å²) in [6.45, 7) is 3.74. The molecule has 1 aliphatic carbocycles. The molecule has 1 spiro atoms. The molecule has 4 heterocycles. The monoisotopic (exact) mass is 735 g/mol. The summed E-state index contributed by atoms with van der Waals surface area (Å²) in [5.41, 5.74) is 3.55. The number of nitrogens with zero attached hydrogens (tertiary/aromatic N) is 7. The molecule has 2 amide bonds. The minimum atomic E-state index is -0.470.